The van der Waals surface area contributed by atoms with E-state index in [4.69, 9.17) is 4.74 Å². The second-order valence-corrected chi connectivity index (χ2v) is 7.70. The van der Waals surface area contributed by atoms with Gasteiger partial charge in [0.1, 0.15) is 6.61 Å². The van der Waals surface area contributed by atoms with Crippen LogP contribution < -0.4 is 5.32 Å². The molecule has 2 amide bonds. The van der Waals surface area contributed by atoms with Crippen LogP contribution in [0.1, 0.15) is 19.8 Å². The van der Waals surface area contributed by atoms with E-state index in [9.17, 15) is 9.59 Å². The number of ether oxygens (including phenoxy) is 1. The van der Waals surface area contributed by atoms with Gasteiger partial charge in [0.05, 0.1) is 6.04 Å². The summed E-state index contributed by atoms with van der Waals surface area (Å²) in [4.78, 5) is 32.1. The number of piperazine rings is 1. The Morgan fingerprint density at radius 3 is 2.46 bits per heavy atom. The van der Waals surface area contributed by atoms with Crippen molar-refractivity contribution in [1.29, 1.82) is 0 Å². The number of amides is 2. The molecule has 1 atom stereocenters. The standard InChI is InChI=1S/C18H35N5O3/c1-15(24)22-8-5-16(6-9-22)23-12-11-21(4)17(13-23)14-26-18(25)19-7-10-20(2)3/h16-17H,5-14H2,1-4H3,(H,19,25). The van der Waals surface area contributed by atoms with E-state index in [0.717, 1.165) is 52.1 Å². The lowest BCUT2D eigenvalue weighted by atomic mass is 10.0. The molecule has 0 radical (unpaired) electrons. The van der Waals surface area contributed by atoms with Gasteiger partial charge in [-0.3, -0.25) is 14.6 Å². The first kappa shape index (κ1) is 20.9. The molecule has 2 rings (SSSR count). The average molecular weight is 370 g/mol. The summed E-state index contributed by atoms with van der Waals surface area (Å²) in [5, 5.41) is 2.79. The fourth-order valence-electron chi connectivity index (χ4n) is 3.63. The van der Waals surface area contributed by atoms with Crippen molar-refractivity contribution in [3.8, 4) is 0 Å². The number of likely N-dealkylation sites (N-methyl/N-ethyl adjacent to an activating group) is 2. The van der Waals surface area contributed by atoms with Crippen LogP contribution in [0.3, 0.4) is 0 Å². The van der Waals surface area contributed by atoms with Crippen molar-refractivity contribution < 1.29 is 14.3 Å². The van der Waals surface area contributed by atoms with E-state index < -0.39 is 0 Å². The molecule has 2 fully saturated rings. The summed E-state index contributed by atoms with van der Waals surface area (Å²) in [6.07, 6.45) is 1.72. The third-order valence-electron chi connectivity index (χ3n) is 5.47. The van der Waals surface area contributed by atoms with Gasteiger partial charge >= 0.3 is 6.09 Å². The molecule has 0 aromatic rings. The number of nitrogens with one attached hydrogen (secondary N) is 1. The van der Waals surface area contributed by atoms with Crippen LogP contribution in [-0.4, -0.2) is 117 Å². The van der Waals surface area contributed by atoms with E-state index >= 15 is 0 Å². The minimum atomic E-state index is -0.341. The molecule has 8 nitrogen and oxygen atoms in total. The highest BCUT2D eigenvalue weighted by atomic mass is 16.5. The molecule has 150 valence electrons. The Bertz CT molecular complexity index is 466. The van der Waals surface area contributed by atoms with E-state index in [1.807, 2.05) is 23.9 Å². The summed E-state index contributed by atoms with van der Waals surface area (Å²) >= 11 is 0. The lowest BCUT2D eigenvalue weighted by Gasteiger charge is -2.45. The predicted octanol–water partition coefficient (Wildman–Crippen LogP) is -0.0989. The molecule has 2 aliphatic rings. The number of hydrogen-bond acceptors (Lipinski definition) is 6. The maximum absolute atomic E-state index is 11.8. The van der Waals surface area contributed by atoms with Gasteiger partial charge in [0.2, 0.25) is 5.91 Å². The molecule has 1 N–H and O–H groups in total. The predicted molar refractivity (Wildman–Crippen MR) is 101 cm³/mol. The van der Waals surface area contributed by atoms with Crippen LogP contribution in [0.2, 0.25) is 0 Å². The Morgan fingerprint density at radius 1 is 1.15 bits per heavy atom. The first-order chi connectivity index (χ1) is 12.4. The fourth-order valence-corrected chi connectivity index (χ4v) is 3.63. The molecule has 0 aromatic carbocycles. The summed E-state index contributed by atoms with van der Waals surface area (Å²) in [7, 11) is 6.03. The Kier molecular flexibility index (Phi) is 8.12. The summed E-state index contributed by atoms with van der Waals surface area (Å²) in [6.45, 7) is 8.06. The zero-order valence-electron chi connectivity index (χ0n) is 16.7. The fraction of sp³-hybridized carbons (Fsp3) is 0.889. The second kappa shape index (κ2) is 10.1. The largest absolute Gasteiger partial charge is 0.448 e. The number of piperidine rings is 1. The molecule has 0 saturated carbocycles. The zero-order chi connectivity index (χ0) is 19.1. The van der Waals surface area contributed by atoms with Crippen LogP contribution in [-0.2, 0) is 9.53 Å². The Morgan fingerprint density at radius 2 is 1.85 bits per heavy atom. The summed E-state index contributed by atoms with van der Waals surface area (Å²) in [6, 6.07) is 0.741. The zero-order valence-corrected chi connectivity index (χ0v) is 16.7. The first-order valence-electron chi connectivity index (χ1n) is 9.62. The van der Waals surface area contributed by atoms with E-state index in [2.05, 4.69) is 22.2 Å². The van der Waals surface area contributed by atoms with Gasteiger partial charge in [-0.2, -0.15) is 0 Å². The number of hydrogen-bond donors (Lipinski definition) is 1. The molecule has 0 aromatic heterocycles. The van der Waals surface area contributed by atoms with Crippen molar-refractivity contribution in [3.63, 3.8) is 0 Å². The van der Waals surface area contributed by atoms with Gasteiger partial charge in [0.15, 0.2) is 0 Å². The summed E-state index contributed by atoms with van der Waals surface area (Å²) in [5.74, 6) is 0.174. The number of alkyl carbamates (subject to hydrolysis) is 1. The smallest absolute Gasteiger partial charge is 0.407 e. The van der Waals surface area contributed by atoms with E-state index in [0.29, 0.717) is 19.2 Å². The van der Waals surface area contributed by atoms with Crippen LogP contribution in [0.25, 0.3) is 0 Å². The number of likely N-dealkylation sites (tertiary alicyclic amines) is 1. The van der Waals surface area contributed by atoms with Crippen molar-refractivity contribution in [1.82, 2.24) is 24.9 Å². The van der Waals surface area contributed by atoms with E-state index in [1.54, 1.807) is 6.92 Å². The lowest BCUT2D eigenvalue weighted by molar-refractivity contribution is -0.130. The Labute approximate surface area is 157 Å². The van der Waals surface area contributed by atoms with Crippen LogP contribution in [0, 0.1) is 0 Å². The first-order valence-corrected chi connectivity index (χ1v) is 9.62. The van der Waals surface area contributed by atoms with Gasteiger partial charge < -0.3 is 19.9 Å². The van der Waals surface area contributed by atoms with Crippen LogP contribution in [0.4, 0.5) is 4.79 Å². The molecule has 1 unspecified atom stereocenters. The quantitative estimate of drug-likeness (QED) is 0.705. The van der Waals surface area contributed by atoms with Gasteiger partial charge in [0, 0.05) is 58.8 Å². The van der Waals surface area contributed by atoms with Crippen molar-refractivity contribution in [2.45, 2.75) is 31.8 Å². The number of rotatable bonds is 6. The molecule has 2 saturated heterocycles. The van der Waals surface area contributed by atoms with E-state index in [1.165, 1.54) is 0 Å². The molecule has 0 bridgehead atoms. The van der Waals surface area contributed by atoms with Gasteiger partial charge in [0.25, 0.3) is 0 Å². The minimum absolute atomic E-state index is 0.174. The normalized spacial score (nSPS) is 23.3. The maximum atomic E-state index is 11.8. The lowest BCUT2D eigenvalue weighted by Crippen LogP contribution is -2.58. The molecule has 26 heavy (non-hydrogen) atoms. The number of carbonyl (C=O) groups excluding carboxylic acids is 2. The van der Waals surface area contributed by atoms with Gasteiger partial charge in [-0.15, -0.1) is 0 Å². The molecule has 0 spiro atoms. The monoisotopic (exact) mass is 369 g/mol. The highest BCUT2D eigenvalue weighted by Crippen LogP contribution is 2.20. The van der Waals surface area contributed by atoms with Crippen LogP contribution in [0.15, 0.2) is 0 Å². The molecule has 0 aliphatic carbocycles. The third-order valence-corrected chi connectivity index (χ3v) is 5.47. The van der Waals surface area contributed by atoms with Crippen molar-refractivity contribution in [2.75, 3.05) is 73.6 Å². The van der Waals surface area contributed by atoms with Crippen molar-refractivity contribution in [2.24, 2.45) is 0 Å². The minimum Gasteiger partial charge on any atom is -0.448 e. The highest BCUT2D eigenvalue weighted by molar-refractivity contribution is 5.73. The number of carbonyl (C=O) groups is 2. The van der Waals surface area contributed by atoms with Crippen molar-refractivity contribution >= 4 is 12.0 Å². The van der Waals surface area contributed by atoms with Crippen LogP contribution >= 0.6 is 0 Å². The van der Waals surface area contributed by atoms with Gasteiger partial charge in [-0.25, -0.2) is 4.79 Å². The Balaban J connectivity index is 1.73. The summed E-state index contributed by atoms with van der Waals surface area (Å²) in [5.41, 5.74) is 0. The van der Waals surface area contributed by atoms with Gasteiger partial charge in [-0.05, 0) is 34.0 Å². The Hall–Kier alpha value is -1.38. The second-order valence-electron chi connectivity index (χ2n) is 7.70. The van der Waals surface area contributed by atoms with Gasteiger partial charge in [-0.1, -0.05) is 0 Å². The van der Waals surface area contributed by atoms with Crippen LogP contribution in [0.5, 0.6) is 0 Å². The molecule has 2 aliphatic heterocycles. The third kappa shape index (κ3) is 6.41. The van der Waals surface area contributed by atoms with E-state index in [-0.39, 0.29) is 18.0 Å². The SMILES string of the molecule is CC(=O)N1CCC(N2CCN(C)C(COC(=O)NCCN(C)C)C2)CC1. The topological polar surface area (TPSA) is 68.4 Å². The number of nitrogens with zero attached hydrogens (tertiary/aromatic N) is 4. The maximum Gasteiger partial charge on any atom is 0.407 e. The molecular weight excluding hydrogens is 334 g/mol. The van der Waals surface area contributed by atoms with Crippen molar-refractivity contribution in [3.05, 3.63) is 0 Å². The average Bonchev–Trinajstić information content (AvgIpc) is 2.61. The molecule has 8 heteroatoms. The molecular formula is C18H35N5O3. The molecule has 2 heterocycles. The highest BCUT2D eigenvalue weighted by Gasteiger charge is 2.32. The summed E-state index contributed by atoms with van der Waals surface area (Å²) < 4.78 is 5.43.